The first-order valence-corrected chi connectivity index (χ1v) is 6.20. The predicted molar refractivity (Wildman–Crippen MR) is 71.9 cm³/mol. The van der Waals surface area contributed by atoms with E-state index in [4.69, 9.17) is 5.73 Å². The van der Waals surface area contributed by atoms with Crippen molar-refractivity contribution in [2.24, 2.45) is 5.73 Å². The van der Waals surface area contributed by atoms with Crippen LogP contribution in [0.25, 0.3) is 0 Å². The number of anilines is 1. The summed E-state index contributed by atoms with van der Waals surface area (Å²) in [6, 6.07) is 6.72. The molecule has 0 aromatic heterocycles. The van der Waals surface area contributed by atoms with Gasteiger partial charge >= 0.3 is 0 Å². The third kappa shape index (κ3) is 4.23. The smallest absolute Gasteiger partial charge is 0.0343 e. The molecule has 0 bridgehead atoms. The van der Waals surface area contributed by atoms with Gasteiger partial charge in [-0.1, -0.05) is 25.8 Å². The van der Waals surface area contributed by atoms with Gasteiger partial charge in [-0.05, 0) is 43.5 Å². The number of unbranched alkanes of at least 4 members (excludes halogenated alkanes) is 1. The molecular formula is C14H24N2. The molecule has 1 aromatic rings. The number of aryl methyl sites for hydroxylation is 2. The Morgan fingerprint density at radius 2 is 2.00 bits per heavy atom. The maximum absolute atomic E-state index is 6.01. The number of rotatable bonds is 6. The highest BCUT2D eigenvalue weighted by molar-refractivity contribution is 5.48. The van der Waals surface area contributed by atoms with Gasteiger partial charge in [-0.3, -0.25) is 0 Å². The molecule has 0 saturated carbocycles. The zero-order valence-electron chi connectivity index (χ0n) is 10.7. The van der Waals surface area contributed by atoms with E-state index in [2.05, 4.69) is 44.3 Å². The van der Waals surface area contributed by atoms with Crippen LogP contribution >= 0.6 is 0 Å². The van der Waals surface area contributed by atoms with Gasteiger partial charge in [-0.2, -0.15) is 0 Å². The molecule has 90 valence electrons. The van der Waals surface area contributed by atoms with Crippen molar-refractivity contribution in [3.63, 3.8) is 0 Å². The molecule has 0 heterocycles. The number of nitrogens with one attached hydrogen (secondary N) is 1. The van der Waals surface area contributed by atoms with Crippen LogP contribution in [0, 0.1) is 13.8 Å². The summed E-state index contributed by atoms with van der Waals surface area (Å²) in [6.07, 6.45) is 3.54. The van der Waals surface area contributed by atoms with E-state index in [-0.39, 0.29) is 6.04 Å². The predicted octanol–water partition coefficient (Wildman–Crippen LogP) is 3.23. The monoisotopic (exact) mass is 220 g/mol. The Bertz CT molecular complexity index is 321. The molecule has 2 nitrogen and oxygen atoms in total. The third-order valence-corrected chi connectivity index (χ3v) is 3.00. The maximum atomic E-state index is 6.01. The van der Waals surface area contributed by atoms with Gasteiger partial charge in [0.05, 0.1) is 0 Å². The lowest BCUT2D eigenvalue weighted by Crippen LogP contribution is -2.28. The fourth-order valence-electron chi connectivity index (χ4n) is 1.67. The normalized spacial score (nSPS) is 12.5. The fraction of sp³-hybridized carbons (Fsp3) is 0.571. The summed E-state index contributed by atoms with van der Waals surface area (Å²) in [6.45, 7) is 7.33. The van der Waals surface area contributed by atoms with Gasteiger partial charge in [-0.15, -0.1) is 0 Å². The Morgan fingerprint density at radius 3 is 2.62 bits per heavy atom. The molecule has 0 aliphatic rings. The number of hydrogen-bond donors (Lipinski definition) is 2. The summed E-state index contributed by atoms with van der Waals surface area (Å²) in [5.41, 5.74) is 9.85. The Hall–Kier alpha value is -1.02. The number of nitrogens with two attached hydrogens (primary N) is 1. The van der Waals surface area contributed by atoms with Crippen LogP contribution in [0.2, 0.25) is 0 Å². The largest absolute Gasteiger partial charge is 0.383 e. The Balaban J connectivity index is 2.39. The van der Waals surface area contributed by atoms with Crippen LogP contribution in [0.5, 0.6) is 0 Å². The SMILES string of the molecule is CCCCC(N)CNc1ccc(C)c(C)c1. The van der Waals surface area contributed by atoms with Crippen LogP contribution in [-0.2, 0) is 0 Å². The van der Waals surface area contributed by atoms with E-state index < -0.39 is 0 Å². The molecular weight excluding hydrogens is 196 g/mol. The van der Waals surface area contributed by atoms with Gasteiger partial charge in [0.15, 0.2) is 0 Å². The van der Waals surface area contributed by atoms with Gasteiger partial charge < -0.3 is 11.1 Å². The molecule has 0 saturated heterocycles. The van der Waals surface area contributed by atoms with Crippen molar-refractivity contribution < 1.29 is 0 Å². The topological polar surface area (TPSA) is 38.0 Å². The zero-order chi connectivity index (χ0) is 12.0. The van der Waals surface area contributed by atoms with Crippen molar-refractivity contribution >= 4 is 5.69 Å². The second-order valence-corrected chi connectivity index (χ2v) is 4.58. The molecule has 2 heteroatoms. The van der Waals surface area contributed by atoms with Crippen LogP contribution in [0.3, 0.4) is 0 Å². The van der Waals surface area contributed by atoms with Crippen molar-refractivity contribution in [3.05, 3.63) is 29.3 Å². The molecule has 3 N–H and O–H groups in total. The highest BCUT2D eigenvalue weighted by Crippen LogP contribution is 2.14. The quantitative estimate of drug-likeness (QED) is 0.772. The third-order valence-electron chi connectivity index (χ3n) is 3.00. The van der Waals surface area contributed by atoms with Crippen molar-refractivity contribution in [2.45, 2.75) is 46.1 Å². The van der Waals surface area contributed by atoms with Gasteiger partial charge in [0.2, 0.25) is 0 Å². The van der Waals surface area contributed by atoms with Gasteiger partial charge in [0.1, 0.15) is 0 Å². The fourth-order valence-corrected chi connectivity index (χ4v) is 1.67. The lowest BCUT2D eigenvalue weighted by atomic mass is 10.1. The van der Waals surface area contributed by atoms with Crippen molar-refractivity contribution in [1.82, 2.24) is 0 Å². The van der Waals surface area contributed by atoms with Gasteiger partial charge in [0.25, 0.3) is 0 Å². The summed E-state index contributed by atoms with van der Waals surface area (Å²) in [4.78, 5) is 0. The highest BCUT2D eigenvalue weighted by Gasteiger charge is 2.02. The van der Waals surface area contributed by atoms with E-state index in [1.807, 2.05) is 0 Å². The molecule has 0 radical (unpaired) electrons. The van der Waals surface area contributed by atoms with E-state index in [0.29, 0.717) is 0 Å². The van der Waals surface area contributed by atoms with Crippen LogP contribution in [0.1, 0.15) is 37.3 Å². The first kappa shape index (κ1) is 13.0. The van der Waals surface area contributed by atoms with Crippen LogP contribution in [0.15, 0.2) is 18.2 Å². The molecule has 0 spiro atoms. The first-order chi connectivity index (χ1) is 7.63. The molecule has 1 atom stereocenters. The molecule has 0 aliphatic heterocycles. The molecule has 16 heavy (non-hydrogen) atoms. The van der Waals surface area contributed by atoms with Crippen molar-refractivity contribution in [3.8, 4) is 0 Å². The lowest BCUT2D eigenvalue weighted by Gasteiger charge is -2.14. The van der Waals surface area contributed by atoms with Crippen LogP contribution in [0.4, 0.5) is 5.69 Å². The summed E-state index contributed by atoms with van der Waals surface area (Å²) < 4.78 is 0. The van der Waals surface area contributed by atoms with Crippen LogP contribution in [-0.4, -0.2) is 12.6 Å². The molecule has 0 fully saturated rings. The van der Waals surface area contributed by atoms with E-state index in [1.54, 1.807) is 0 Å². The number of hydrogen-bond acceptors (Lipinski definition) is 2. The Labute approximate surface area is 99.2 Å². The highest BCUT2D eigenvalue weighted by atomic mass is 14.9. The minimum Gasteiger partial charge on any atom is -0.383 e. The second kappa shape index (κ2) is 6.54. The minimum absolute atomic E-state index is 0.265. The summed E-state index contributed by atoms with van der Waals surface area (Å²) >= 11 is 0. The molecule has 0 aliphatic carbocycles. The Morgan fingerprint density at radius 1 is 1.25 bits per heavy atom. The summed E-state index contributed by atoms with van der Waals surface area (Å²) in [7, 11) is 0. The van der Waals surface area contributed by atoms with E-state index >= 15 is 0 Å². The first-order valence-electron chi connectivity index (χ1n) is 6.20. The zero-order valence-corrected chi connectivity index (χ0v) is 10.7. The number of benzene rings is 1. The minimum atomic E-state index is 0.265. The average molecular weight is 220 g/mol. The molecule has 0 amide bonds. The second-order valence-electron chi connectivity index (χ2n) is 4.58. The van der Waals surface area contributed by atoms with E-state index in [9.17, 15) is 0 Å². The van der Waals surface area contributed by atoms with E-state index in [1.165, 1.54) is 29.7 Å². The summed E-state index contributed by atoms with van der Waals surface area (Å²) in [5.74, 6) is 0. The maximum Gasteiger partial charge on any atom is 0.0343 e. The summed E-state index contributed by atoms with van der Waals surface area (Å²) in [5, 5.41) is 3.40. The van der Waals surface area contributed by atoms with Crippen molar-refractivity contribution in [1.29, 1.82) is 0 Å². The Kier molecular flexibility index (Phi) is 5.33. The lowest BCUT2D eigenvalue weighted by molar-refractivity contribution is 0.596. The van der Waals surface area contributed by atoms with Gasteiger partial charge in [0, 0.05) is 18.3 Å². The van der Waals surface area contributed by atoms with Gasteiger partial charge in [-0.25, -0.2) is 0 Å². The molecule has 1 unspecified atom stereocenters. The average Bonchev–Trinajstić information content (AvgIpc) is 2.28. The molecule has 1 aromatic carbocycles. The van der Waals surface area contributed by atoms with E-state index in [0.717, 1.165) is 13.0 Å². The van der Waals surface area contributed by atoms with Crippen LogP contribution < -0.4 is 11.1 Å². The standard InChI is InChI=1S/C14H24N2/c1-4-5-6-13(15)10-16-14-8-7-11(2)12(3)9-14/h7-9,13,16H,4-6,10,15H2,1-3H3. The molecule has 1 rings (SSSR count). The van der Waals surface area contributed by atoms with Crippen molar-refractivity contribution in [2.75, 3.05) is 11.9 Å².